The Labute approximate surface area is 100 Å². The highest BCUT2D eigenvalue weighted by atomic mass is 16.2. The summed E-state index contributed by atoms with van der Waals surface area (Å²) in [4.78, 5) is 22.1. The van der Waals surface area contributed by atoms with Crippen molar-refractivity contribution in [3.05, 3.63) is 17.5 Å². The third-order valence-corrected chi connectivity index (χ3v) is 2.22. The van der Waals surface area contributed by atoms with Crippen LogP contribution < -0.4 is 10.6 Å². The van der Waals surface area contributed by atoms with Gasteiger partial charge in [0.15, 0.2) is 0 Å². The standard InChI is InChI=1S/C11H18N4O2/c1-8-6-9(2)15(14-8)7-11(17)13-5-4-12-10(3)16/h6H,4-5,7H2,1-3H3,(H,12,16)(H,13,17). The molecule has 0 aliphatic heterocycles. The predicted molar refractivity (Wildman–Crippen MR) is 63.4 cm³/mol. The van der Waals surface area contributed by atoms with Gasteiger partial charge in [-0.25, -0.2) is 0 Å². The Bertz CT molecular complexity index is 412. The van der Waals surface area contributed by atoms with Gasteiger partial charge in [0.1, 0.15) is 6.54 Å². The second-order valence-corrected chi connectivity index (χ2v) is 3.92. The van der Waals surface area contributed by atoms with Crippen LogP contribution in [0.2, 0.25) is 0 Å². The van der Waals surface area contributed by atoms with Crippen molar-refractivity contribution in [2.75, 3.05) is 13.1 Å². The van der Waals surface area contributed by atoms with Crippen molar-refractivity contribution in [3.8, 4) is 0 Å². The molecule has 0 saturated carbocycles. The van der Waals surface area contributed by atoms with Gasteiger partial charge in [-0.15, -0.1) is 0 Å². The van der Waals surface area contributed by atoms with Crippen molar-refractivity contribution >= 4 is 11.8 Å². The highest BCUT2D eigenvalue weighted by Crippen LogP contribution is 2.00. The molecule has 0 fully saturated rings. The van der Waals surface area contributed by atoms with E-state index in [0.717, 1.165) is 11.4 Å². The zero-order chi connectivity index (χ0) is 12.8. The summed E-state index contributed by atoms with van der Waals surface area (Å²) in [6, 6.07) is 1.92. The number of amides is 2. The lowest BCUT2D eigenvalue weighted by molar-refractivity contribution is -0.122. The van der Waals surface area contributed by atoms with Crippen molar-refractivity contribution in [2.45, 2.75) is 27.3 Å². The average molecular weight is 238 g/mol. The number of hydrogen-bond acceptors (Lipinski definition) is 3. The summed E-state index contributed by atoms with van der Waals surface area (Å²) in [5.74, 6) is -0.209. The van der Waals surface area contributed by atoms with Gasteiger partial charge in [0.25, 0.3) is 0 Å². The molecule has 0 aliphatic carbocycles. The van der Waals surface area contributed by atoms with Gasteiger partial charge < -0.3 is 10.6 Å². The summed E-state index contributed by atoms with van der Waals surface area (Å²) in [7, 11) is 0. The van der Waals surface area contributed by atoms with Crippen molar-refractivity contribution in [1.82, 2.24) is 20.4 Å². The Kier molecular flexibility index (Phi) is 4.68. The molecule has 1 aromatic rings. The molecule has 6 heteroatoms. The third-order valence-electron chi connectivity index (χ3n) is 2.22. The first-order chi connectivity index (χ1) is 7.99. The Morgan fingerprint density at radius 1 is 1.29 bits per heavy atom. The van der Waals surface area contributed by atoms with E-state index in [1.807, 2.05) is 19.9 Å². The van der Waals surface area contributed by atoms with E-state index >= 15 is 0 Å². The lowest BCUT2D eigenvalue weighted by atomic mass is 10.4. The van der Waals surface area contributed by atoms with Crippen LogP contribution in [0, 0.1) is 13.8 Å². The summed E-state index contributed by atoms with van der Waals surface area (Å²) in [6.45, 7) is 6.32. The van der Waals surface area contributed by atoms with Gasteiger partial charge in [0.2, 0.25) is 11.8 Å². The fourth-order valence-corrected chi connectivity index (χ4v) is 1.47. The summed E-state index contributed by atoms with van der Waals surface area (Å²) in [5.41, 5.74) is 1.85. The minimum Gasteiger partial charge on any atom is -0.355 e. The highest BCUT2D eigenvalue weighted by Gasteiger charge is 2.06. The molecule has 0 bridgehead atoms. The van der Waals surface area contributed by atoms with Crippen LogP contribution in [0.15, 0.2) is 6.07 Å². The van der Waals surface area contributed by atoms with Gasteiger partial charge in [-0.1, -0.05) is 0 Å². The maximum atomic E-state index is 11.5. The molecule has 0 aliphatic rings. The predicted octanol–water partition coefficient (Wildman–Crippen LogP) is -0.248. The first kappa shape index (κ1) is 13.2. The van der Waals surface area contributed by atoms with Crippen LogP contribution in [0.3, 0.4) is 0 Å². The SMILES string of the molecule is CC(=O)NCCNC(=O)Cn1nc(C)cc1C. The Hall–Kier alpha value is -1.85. The fraction of sp³-hybridized carbons (Fsp3) is 0.545. The van der Waals surface area contributed by atoms with E-state index in [1.165, 1.54) is 6.92 Å². The maximum Gasteiger partial charge on any atom is 0.241 e. The molecule has 17 heavy (non-hydrogen) atoms. The molecule has 94 valence electrons. The van der Waals surface area contributed by atoms with Crippen LogP contribution in [0.1, 0.15) is 18.3 Å². The highest BCUT2D eigenvalue weighted by molar-refractivity contribution is 5.76. The van der Waals surface area contributed by atoms with E-state index < -0.39 is 0 Å². The maximum absolute atomic E-state index is 11.5. The number of carbonyl (C=O) groups excluding carboxylic acids is 2. The monoisotopic (exact) mass is 238 g/mol. The molecule has 0 unspecified atom stereocenters. The van der Waals surface area contributed by atoms with Crippen LogP contribution >= 0.6 is 0 Å². The van der Waals surface area contributed by atoms with Gasteiger partial charge in [0, 0.05) is 25.7 Å². The molecule has 1 aromatic heterocycles. The van der Waals surface area contributed by atoms with Crippen molar-refractivity contribution < 1.29 is 9.59 Å². The van der Waals surface area contributed by atoms with E-state index in [-0.39, 0.29) is 18.4 Å². The Morgan fingerprint density at radius 2 is 1.94 bits per heavy atom. The summed E-state index contributed by atoms with van der Waals surface area (Å²) in [6.07, 6.45) is 0. The molecule has 0 spiro atoms. The smallest absolute Gasteiger partial charge is 0.241 e. The van der Waals surface area contributed by atoms with Gasteiger partial charge in [-0.05, 0) is 19.9 Å². The zero-order valence-corrected chi connectivity index (χ0v) is 10.4. The van der Waals surface area contributed by atoms with Crippen molar-refractivity contribution in [3.63, 3.8) is 0 Å². The first-order valence-corrected chi connectivity index (χ1v) is 5.51. The van der Waals surface area contributed by atoms with Crippen LogP contribution in [-0.2, 0) is 16.1 Å². The fourth-order valence-electron chi connectivity index (χ4n) is 1.47. The van der Waals surface area contributed by atoms with E-state index in [1.54, 1.807) is 4.68 Å². The lowest BCUT2D eigenvalue weighted by Gasteiger charge is -2.06. The normalized spacial score (nSPS) is 10.1. The van der Waals surface area contributed by atoms with Crippen molar-refractivity contribution in [1.29, 1.82) is 0 Å². The van der Waals surface area contributed by atoms with Gasteiger partial charge in [0.05, 0.1) is 5.69 Å². The quantitative estimate of drug-likeness (QED) is 0.695. The number of hydrogen-bond donors (Lipinski definition) is 2. The molecular formula is C11H18N4O2. The van der Waals surface area contributed by atoms with Crippen LogP contribution in [0.4, 0.5) is 0 Å². The summed E-state index contributed by atoms with van der Waals surface area (Å²) in [5, 5.41) is 9.51. The average Bonchev–Trinajstić information content (AvgIpc) is 2.52. The second kappa shape index (κ2) is 6.03. The molecule has 1 rings (SSSR count). The topological polar surface area (TPSA) is 76.0 Å². The molecule has 1 heterocycles. The second-order valence-electron chi connectivity index (χ2n) is 3.92. The number of nitrogens with one attached hydrogen (secondary N) is 2. The Balaban J connectivity index is 2.30. The number of rotatable bonds is 5. The van der Waals surface area contributed by atoms with Crippen LogP contribution in [0.25, 0.3) is 0 Å². The molecule has 0 saturated heterocycles. The lowest BCUT2D eigenvalue weighted by Crippen LogP contribution is -2.35. The first-order valence-electron chi connectivity index (χ1n) is 5.51. The molecular weight excluding hydrogens is 220 g/mol. The zero-order valence-electron chi connectivity index (χ0n) is 10.4. The number of nitrogens with zero attached hydrogens (tertiary/aromatic N) is 2. The van der Waals surface area contributed by atoms with E-state index in [4.69, 9.17) is 0 Å². The molecule has 2 amide bonds. The minimum absolute atomic E-state index is 0.0993. The van der Waals surface area contributed by atoms with Gasteiger partial charge in [-0.2, -0.15) is 5.10 Å². The molecule has 0 atom stereocenters. The van der Waals surface area contributed by atoms with Gasteiger partial charge in [-0.3, -0.25) is 14.3 Å². The van der Waals surface area contributed by atoms with Crippen LogP contribution in [-0.4, -0.2) is 34.7 Å². The Morgan fingerprint density at radius 3 is 2.47 bits per heavy atom. The van der Waals surface area contributed by atoms with Crippen LogP contribution in [0.5, 0.6) is 0 Å². The largest absolute Gasteiger partial charge is 0.355 e. The number of carbonyl (C=O) groups is 2. The van der Waals surface area contributed by atoms with E-state index in [9.17, 15) is 9.59 Å². The molecule has 2 N–H and O–H groups in total. The minimum atomic E-state index is -0.110. The number of aromatic nitrogens is 2. The van der Waals surface area contributed by atoms with Gasteiger partial charge >= 0.3 is 0 Å². The summed E-state index contributed by atoms with van der Waals surface area (Å²) >= 11 is 0. The molecule has 0 aromatic carbocycles. The molecule has 6 nitrogen and oxygen atoms in total. The molecule has 0 radical (unpaired) electrons. The van der Waals surface area contributed by atoms with E-state index in [0.29, 0.717) is 13.1 Å². The number of aryl methyl sites for hydroxylation is 2. The summed E-state index contributed by atoms with van der Waals surface area (Å²) < 4.78 is 1.66. The van der Waals surface area contributed by atoms with Crippen molar-refractivity contribution in [2.24, 2.45) is 0 Å². The third kappa shape index (κ3) is 4.67. The van der Waals surface area contributed by atoms with E-state index in [2.05, 4.69) is 15.7 Å².